The molecule has 2 N–H and O–H groups in total. The van der Waals surface area contributed by atoms with Crippen LogP contribution in [0.25, 0.3) is 0 Å². The highest BCUT2D eigenvalue weighted by atomic mass is 32.2. The van der Waals surface area contributed by atoms with E-state index < -0.39 is 10.0 Å². The van der Waals surface area contributed by atoms with Gasteiger partial charge >= 0.3 is 0 Å². The van der Waals surface area contributed by atoms with Gasteiger partial charge in [0.15, 0.2) is 5.96 Å². The summed E-state index contributed by atoms with van der Waals surface area (Å²) in [6, 6.07) is 0. The first-order chi connectivity index (χ1) is 13.0. The van der Waals surface area contributed by atoms with Gasteiger partial charge in [0.1, 0.15) is 0 Å². The Hall–Kier alpha value is -0.900. The van der Waals surface area contributed by atoms with E-state index in [1.807, 2.05) is 0 Å². The van der Waals surface area contributed by atoms with E-state index in [9.17, 15) is 8.42 Å². The molecule has 158 valence electrons. The zero-order valence-electron chi connectivity index (χ0n) is 16.8. The lowest BCUT2D eigenvalue weighted by Crippen LogP contribution is -2.40. The molecule has 0 saturated carbocycles. The molecule has 0 bridgehead atoms. The Balaban J connectivity index is 1.60. The molecule has 2 aliphatic rings. The zero-order chi connectivity index (χ0) is 19.5. The van der Waals surface area contributed by atoms with Crippen LogP contribution in [0.5, 0.6) is 0 Å². The first-order valence-corrected chi connectivity index (χ1v) is 12.0. The molecule has 9 heteroatoms. The van der Waals surface area contributed by atoms with Crippen molar-refractivity contribution in [3.05, 3.63) is 0 Å². The molecule has 1 atom stereocenters. The summed E-state index contributed by atoms with van der Waals surface area (Å²) in [6.45, 7) is 8.85. The van der Waals surface area contributed by atoms with Crippen LogP contribution in [0.4, 0.5) is 0 Å². The van der Waals surface area contributed by atoms with E-state index in [4.69, 9.17) is 9.47 Å². The second kappa shape index (κ2) is 11.8. The smallest absolute Gasteiger partial charge is 0.211 e. The first-order valence-electron chi connectivity index (χ1n) is 10.1. The Kier molecular flexibility index (Phi) is 9.81. The summed E-state index contributed by atoms with van der Waals surface area (Å²) < 4.78 is 35.8. The standard InChI is InChI=1S/C18H36N4O4S/c1-3-19-18(20-8-4-11-25-14-17-7-12-26-15-17)21-13-16-5-9-22(10-6-16)27(2,23)24/h16-17H,3-15H2,1-2H3,(H2,19,20,21). The number of hydrogen-bond donors (Lipinski definition) is 2. The van der Waals surface area contributed by atoms with Crippen molar-refractivity contribution in [1.29, 1.82) is 0 Å². The molecule has 27 heavy (non-hydrogen) atoms. The molecule has 0 aliphatic carbocycles. The Morgan fingerprint density at radius 3 is 2.63 bits per heavy atom. The maximum Gasteiger partial charge on any atom is 0.211 e. The maximum absolute atomic E-state index is 11.6. The molecule has 2 aliphatic heterocycles. The summed E-state index contributed by atoms with van der Waals surface area (Å²) in [5.41, 5.74) is 0. The fourth-order valence-corrected chi connectivity index (χ4v) is 4.21. The molecule has 0 aromatic rings. The lowest BCUT2D eigenvalue weighted by molar-refractivity contribution is 0.0888. The highest BCUT2D eigenvalue weighted by molar-refractivity contribution is 7.88. The molecule has 0 aromatic heterocycles. The molecule has 2 fully saturated rings. The Morgan fingerprint density at radius 1 is 1.22 bits per heavy atom. The largest absolute Gasteiger partial charge is 0.381 e. The fourth-order valence-electron chi connectivity index (χ4n) is 3.33. The van der Waals surface area contributed by atoms with Crippen LogP contribution < -0.4 is 10.6 Å². The number of guanidine groups is 1. The van der Waals surface area contributed by atoms with E-state index in [0.29, 0.717) is 24.9 Å². The molecular weight excluding hydrogens is 368 g/mol. The van der Waals surface area contributed by atoms with E-state index >= 15 is 0 Å². The van der Waals surface area contributed by atoms with Crippen LogP contribution in [-0.2, 0) is 19.5 Å². The number of ether oxygens (including phenoxy) is 2. The van der Waals surface area contributed by atoms with Gasteiger partial charge in [0.05, 0.1) is 19.5 Å². The molecule has 8 nitrogen and oxygen atoms in total. The van der Waals surface area contributed by atoms with Crippen LogP contribution in [0.1, 0.15) is 32.6 Å². The second-order valence-electron chi connectivity index (χ2n) is 7.41. The lowest BCUT2D eigenvalue weighted by Gasteiger charge is -2.29. The third kappa shape index (κ3) is 8.76. The number of piperidine rings is 1. The van der Waals surface area contributed by atoms with Crippen LogP contribution in [0.15, 0.2) is 4.99 Å². The van der Waals surface area contributed by atoms with E-state index in [0.717, 1.165) is 77.7 Å². The van der Waals surface area contributed by atoms with Crippen LogP contribution in [0.3, 0.4) is 0 Å². The highest BCUT2D eigenvalue weighted by Gasteiger charge is 2.24. The van der Waals surface area contributed by atoms with Gasteiger partial charge in [-0.25, -0.2) is 12.7 Å². The molecule has 1 unspecified atom stereocenters. The van der Waals surface area contributed by atoms with E-state index in [1.54, 1.807) is 4.31 Å². The van der Waals surface area contributed by atoms with Crippen molar-refractivity contribution in [2.45, 2.75) is 32.6 Å². The average Bonchev–Trinajstić information content (AvgIpc) is 3.15. The van der Waals surface area contributed by atoms with Gasteiger partial charge in [-0.1, -0.05) is 0 Å². The van der Waals surface area contributed by atoms with Crippen LogP contribution in [-0.4, -0.2) is 84.1 Å². The molecule has 0 aromatic carbocycles. The SMILES string of the molecule is CCNC(=NCC1CCN(S(C)(=O)=O)CC1)NCCCOCC1CCOC1. The van der Waals surface area contributed by atoms with E-state index in [2.05, 4.69) is 22.5 Å². The minimum absolute atomic E-state index is 0.440. The molecule has 0 radical (unpaired) electrons. The van der Waals surface area contributed by atoms with Gasteiger partial charge < -0.3 is 20.1 Å². The van der Waals surface area contributed by atoms with Crippen LogP contribution in [0.2, 0.25) is 0 Å². The van der Waals surface area contributed by atoms with E-state index in [1.165, 1.54) is 6.26 Å². The summed E-state index contributed by atoms with van der Waals surface area (Å²) in [4.78, 5) is 4.67. The maximum atomic E-state index is 11.6. The lowest BCUT2D eigenvalue weighted by atomic mass is 9.98. The fraction of sp³-hybridized carbons (Fsp3) is 0.944. The van der Waals surface area contributed by atoms with Gasteiger partial charge in [-0.2, -0.15) is 0 Å². The second-order valence-corrected chi connectivity index (χ2v) is 9.39. The molecule has 2 saturated heterocycles. The summed E-state index contributed by atoms with van der Waals surface area (Å²) in [5.74, 6) is 1.83. The summed E-state index contributed by atoms with van der Waals surface area (Å²) >= 11 is 0. The van der Waals surface area contributed by atoms with Crippen molar-refractivity contribution in [2.24, 2.45) is 16.8 Å². The third-order valence-electron chi connectivity index (χ3n) is 5.03. The predicted octanol–water partition coefficient (Wildman–Crippen LogP) is 0.656. The van der Waals surface area contributed by atoms with Crippen LogP contribution in [0, 0.1) is 11.8 Å². The monoisotopic (exact) mass is 404 g/mol. The number of sulfonamides is 1. The van der Waals surface area contributed by atoms with Crippen molar-refractivity contribution in [3.8, 4) is 0 Å². The summed E-state index contributed by atoms with van der Waals surface area (Å²) in [5, 5.41) is 6.62. The average molecular weight is 405 g/mol. The van der Waals surface area contributed by atoms with Crippen LogP contribution >= 0.6 is 0 Å². The van der Waals surface area contributed by atoms with Crippen molar-refractivity contribution < 1.29 is 17.9 Å². The minimum atomic E-state index is -3.06. The molecule has 0 amide bonds. The van der Waals surface area contributed by atoms with Gasteiger partial charge in [-0.3, -0.25) is 4.99 Å². The Bertz CT molecular complexity index is 542. The normalized spacial score (nSPS) is 22.9. The molecule has 0 spiro atoms. The van der Waals surface area contributed by atoms with Gasteiger partial charge in [-0.05, 0) is 38.5 Å². The van der Waals surface area contributed by atoms with Gasteiger partial charge in [-0.15, -0.1) is 0 Å². The van der Waals surface area contributed by atoms with Crippen molar-refractivity contribution >= 4 is 16.0 Å². The summed E-state index contributed by atoms with van der Waals surface area (Å²) in [7, 11) is -3.06. The zero-order valence-corrected chi connectivity index (χ0v) is 17.6. The van der Waals surface area contributed by atoms with Crippen molar-refractivity contribution in [2.75, 3.05) is 65.4 Å². The highest BCUT2D eigenvalue weighted by Crippen LogP contribution is 2.19. The van der Waals surface area contributed by atoms with Gasteiger partial charge in [0, 0.05) is 51.9 Å². The topological polar surface area (TPSA) is 92.3 Å². The number of hydrogen-bond acceptors (Lipinski definition) is 5. The number of nitrogens with one attached hydrogen (secondary N) is 2. The molecular formula is C18H36N4O4S. The molecule has 2 heterocycles. The first kappa shape index (κ1) is 22.4. The Labute approximate surface area is 164 Å². The van der Waals surface area contributed by atoms with E-state index in [-0.39, 0.29) is 0 Å². The van der Waals surface area contributed by atoms with Crippen molar-refractivity contribution in [1.82, 2.24) is 14.9 Å². The molecule has 2 rings (SSSR count). The third-order valence-corrected chi connectivity index (χ3v) is 6.33. The minimum Gasteiger partial charge on any atom is -0.381 e. The Morgan fingerprint density at radius 2 is 2.00 bits per heavy atom. The summed E-state index contributed by atoms with van der Waals surface area (Å²) in [6.07, 6.45) is 5.07. The number of rotatable bonds is 10. The van der Waals surface area contributed by atoms with Crippen molar-refractivity contribution in [3.63, 3.8) is 0 Å². The van der Waals surface area contributed by atoms with Gasteiger partial charge in [0.25, 0.3) is 0 Å². The van der Waals surface area contributed by atoms with Gasteiger partial charge in [0.2, 0.25) is 10.0 Å². The number of aliphatic imine (C=N–C) groups is 1. The number of nitrogens with zero attached hydrogens (tertiary/aromatic N) is 2. The quantitative estimate of drug-likeness (QED) is 0.316. The predicted molar refractivity (Wildman–Crippen MR) is 107 cm³/mol.